The van der Waals surface area contributed by atoms with Gasteiger partial charge in [0.2, 0.25) is 0 Å². The lowest BCUT2D eigenvalue weighted by atomic mass is 10.0. The molecule has 0 saturated carbocycles. The first-order valence-corrected chi connectivity index (χ1v) is 3.51. The predicted octanol–water partition coefficient (Wildman–Crippen LogP) is 3.52. The van der Waals surface area contributed by atoms with Crippen molar-refractivity contribution in [2.45, 2.75) is 30.6 Å². The van der Waals surface area contributed by atoms with Crippen molar-refractivity contribution in [3.63, 3.8) is 0 Å². The Morgan fingerprint density at radius 3 is 1.53 bits per heavy atom. The van der Waals surface area contributed by atoms with Gasteiger partial charge in [0, 0.05) is 6.42 Å². The Kier molecular flexibility index (Phi) is 3.92. The fourth-order valence-electron chi connectivity index (χ4n) is 0.663. The van der Waals surface area contributed by atoms with Crippen molar-refractivity contribution in [1.29, 1.82) is 0 Å². The van der Waals surface area contributed by atoms with Crippen LogP contribution in [0.2, 0.25) is 0 Å². The van der Waals surface area contributed by atoms with Gasteiger partial charge in [-0.1, -0.05) is 0 Å². The summed E-state index contributed by atoms with van der Waals surface area (Å²) in [4.78, 5) is 0. The van der Waals surface area contributed by atoms with Crippen molar-refractivity contribution in [3.05, 3.63) is 0 Å². The van der Waals surface area contributed by atoms with Crippen LogP contribution in [0.1, 0.15) is 6.42 Å². The van der Waals surface area contributed by atoms with Crippen LogP contribution in [0.5, 0.6) is 0 Å². The lowest BCUT2D eigenvalue weighted by Gasteiger charge is -2.29. The molecule has 0 radical (unpaired) electrons. The van der Waals surface area contributed by atoms with Crippen LogP contribution >= 0.6 is 0 Å². The maximum Gasteiger partial charge on any atom is 0.459 e. The van der Waals surface area contributed by atoms with Crippen LogP contribution in [0, 0.1) is 0 Å². The molecule has 1 atom stereocenters. The smallest absolute Gasteiger partial charge is 0.251 e. The van der Waals surface area contributed by atoms with E-state index in [4.69, 9.17) is 0 Å². The zero-order valence-electron chi connectivity index (χ0n) is 6.89. The van der Waals surface area contributed by atoms with E-state index in [1.807, 2.05) is 0 Å². The van der Waals surface area contributed by atoms with E-state index in [2.05, 4.69) is 0 Å². The first kappa shape index (κ1) is 14.4. The van der Waals surface area contributed by atoms with E-state index in [1.54, 1.807) is 0 Å². The molecule has 15 heavy (non-hydrogen) atoms. The summed E-state index contributed by atoms with van der Waals surface area (Å²) in [5, 5.41) is 0. The Labute approximate surface area is 78.1 Å². The van der Waals surface area contributed by atoms with Gasteiger partial charge in [-0.25, -0.2) is 4.39 Å². The van der Waals surface area contributed by atoms with E-state index in [0.717, 1.165) is 0 Å². The Morgan fingerprint density at radius 1 is 0.867 bits per heavy atom. The van der Waals surface area contributed by atoms with Crippen molar-refractivity contribution >= 4 is 0 Å². The number of rotatable bonds is 4. The molecule has 0 aromatic carbocycles. The Bertz CT molecular complexity index is 205. The molecule has 0 aromatic heterocycles. The van der Waals surface area contributed by atoms with Crippen LogP contribution in [0.15, 0.2) is 0 Å². The van der Waals surface area contributed by atoms with Crippen molar-refractivity contribution in [2.24, 2.45) is 0 Å². The normalized spacial score (nSPS) is 16.6. The fraction of sp³-hybridized carbons (Fsp3) is 1.00. The third-order valence-electron chi connectivity index (χ3n) is 1.53. The third-order valence-corrected chi connectivity index (χ3v) is 1.53. The SMILES string of the molecule is FCCC(F)C(F)(F)C(F)(F)C(F)(F)F. The van der Waals surface area contributed by atoms with E-state index in [1.165, 1.54) is 0 Å². The van der Waals surface area contributed by atoms with Gasteiger partial charge in [-0.15, -0.1) is 0 Å². The van der Waals surface area contributed by atoms with Gasteiger partial charge in [-0.3, -0.25) is 4.39 Å². The zero-order valence-corrected chi connectivity index (χ0v) is 6.89. The van der Waals surface area contributed by atoms with Crippen LogP contribution < -0.4 is 0 Å². The molecule has 0 aliphatic heterocycles. The highest BCUT2D eigenvalue weighted by Gasteiger charge is 2.75. The van der Waals surface area contributed by atoms with Crippen molar-refractivity contribution in [3.8, 4) is 0 Å². The van der Waals surface area contributed by atoms with Crippen molar-refractivity contribution in [2.75, 3.05) is 6.67 Å². The average Bonchev–Trinajstić information content (AvgIpc) is 2.02. The molecule has 0 heterocycles. The van der Waals surface area contributed by atoms with Crippen LogP contribution in [0.25, 0.3) is 0 Å². The summed E-state index contributed by atoms with van der Waals surface area (Å²) in [7, 11) is 0. The second kappa shape index (κ2) is 4.09. The number of hydrogen-bond acceptors (Lipinski definition) is 0. The summed E-state index contributed by atoms with van der Waals surface area (Å²) in [5.74, 6) is -12.5. The summed E-state index contributed by atoms with van der Waals surface area (Å²) >= 11 is 0. The average molecular weight is 248 g/mol. The molecule has 0 aliphatic carbocycles. The van der Waals surface area contributed by atoms with Crippen LogP contribution in [-0.4, -0.2) is 30.9 Å². The van der Waals surface area contributed by atoms with E-state index >= 15 is 0 Å². The van der Waals surface area contributed by atoms with Gasteiger partial charge in [0.1, 0.15) is 0 Å². The van der Waals surface area contributed by atoms with Gasteiger partial charge in [-0.05, 0) is 0 Å². The second-order valence-electron chi connectivity index (χ2n) is 2.64. The molecule has 9 heteroatoms. The van der Waals surface area contributed by atoms with Gasteiger partial charge in [0.05, 0.1) is 6.67 Å². The van der Waals surface area contributed by atoms with Crippen LogP contribution in [0.3, 0.4) is 0 Å². The van der Waals surface area contributed by atoms with Gasteiger partial charge in [0.15, 0.2) is 6.17 Å². The van der Waals surface area contributed by atoms with E-state index in [0.29, 0.717) is 0 Å². The van der Waals surface area contributed by atoms with Crippen LogP contribution in [-0.2, 0) is 0 Å². The first-order chi connectivity index (χ1) is 6.48. The van der Waals surface area contributed by atoms with Crippen molar-refractivity contribution < 1.29 is 39.5 Å². The zero-order chi connectivity index (χ0) is 12.5. The summed E-state index contributed by atoms with van der Waals surface area (Å²) in [6.07, 6.45) is -12.2. The molecular weight excluding hydrogens is 243 g/mol. The molecule has 0 fully saturated rings. The minimum atomic E-state index is -6.59. The highest BCUT2D eigenvalue weighted by Crippen LogP contribution is 2.49. The number of hydrogen-bond donors (Lipinski definition) is 0. The first-order valence-electron chi connectivity index (χ1n) is 3.51. The fourth-order valence-corrected chi connectivity index (χ4v) is 0.663. The molecule has 1 unspecified atom stereocenters. The highest BCUT2D eigenvalue weighted by molar-refractivity contribution is 4.95. The summed E-state index contributed by atoms with van der Waals surface area (Å²) in [5.41, 5.74) is 0. The lowest BCUT2D eigenvalue weighted by Crippen LogP contribution is -2.56. The molecule has 0 spiro atoms. The quantitative estimate of drug-likeness (QED) is 0.668. The Hall–Kier alpha value is -0.630. The standard InChI is InChI=1S/C6H5F9/c7-2-1-3(8)4(9,10)5(11,12)6(13,14)15/h3H,1-2H2. The molecule has 0 rings (SSSR count). The molecular formula is C6H5F9. The largest absolute Gasteiger partial charge is 0.459 e. The third kappa shape index (κ3) is 2.49. The number of halogens is 9. The number of alkyl halides is 9. The molecule has 0 aromatic rings. The van der Waals surface area contributed by atoms with Gasteiger partial charge < -0.3 is 0 Å². The maximum absolute atomic E-state index is 12.3. The molecule has 0 aliphatic rings. The monoisotopic (exact) mass is 248 g/mol. The predicted molar refractivity (Wildman–Crippen MR) is 31.4 cm³/mol. The van der Waals surface area contributed by atoms with Gasteiger partial charge >= 0.3 is 18.0 Å². The topological polar surface area (TPSA) is 0 Å². The molecule has 0 N–H and O–H groups in total. The maximum atomic E-state index is 12.3. The van der Waals surface area contributed by atoms with Crippen molar-refractivity contribution in [1.82, 2.24) is 0 Å². The summed E-state index contributed by atoms with van der Waals surface area (Å²) in [6.45, 7) is -1.76. The highest BCUT2D eigenvalue weighted by atomic mass is 19.4. The Balaban J connectivity index is 5.00. The molecule has 92 valence electrons. The van der Waals surface area contributed by atoms with E-state index in [9.17, 15) is 39.5 Å². The van der Waals surface area contributed by atoms with E-state index < -0.39 is 37.3 Å². The summed E-state index contributed by atoms with van der Waals surface area (Å²) in [6, 6.07) is 0. The summed E-state index contributed by atoms with van der Waals surface area (Å²) < 4.78 is 107. The van der Waals surface area contributed by atoms with E-state index in [-0.39, 0.29) is 0 Å². The van der Waals surface area contributed by atoms with Gasteiger partial charge in [-0.2, -0.15) is 30.7 Å². The minimum Gasteiger partial charge on any atom is -0.251 e. The van der Waals surface area contributed by atoms with Crippen LogP contribution in [0.4, 0.5) is 39.5 Å². The van der Waals surface area contributed by atoms with Gasteiger partial charge in [0.25, 0.3) is 0 Å². The lowest BCUT2D eigenvalue weighted by molar-refractivity contribution is -0.366. The molecule has 0 amide bonds. The minimum absolute atomic E-state index is 1.72. The molecule has 0 nitrogen and oxygen atoms in total. The molecule has 0 bridgehead atoms. The second-order valence-corrected chi connectivity index (χ2v) is 2.64. The Morgan fingerprint density at radius 2 is 1.27 bits per heavy atom. The molecule has 0 saturated heterocycles.